The minimum Gasteiger partial charge on any atom is -0.478 e. The summed E-state index contributed by atoms with van der Waals surface area (Å²) in [6, 6.07) is 5.65. The number of ether oxygens (including phenoxy) is 1. The number of hydrogen-bond donors (Lipinski definition) is 1. The Kier molecular flexibility index (Phi) is 3.12. The van der Waals surface area contributed by atoms with Crippen LogP contribution in [-0.4, -0.2) is 21.6 Å². The van der Waals surface area contributed by atoms with Crippen LogP contribution in [-0.2, 0) is 4.79 Å². The van der Waals surface area contributed by atoms with Gasteiger partial charge in [0.15, 0.2) is 11.4 Å². The van der Waals surface area contributed by atoms with Gasteiger partial charge in [-0.05, 0) is 19.9 Å². The second-order valence-corrected chi connectivity index (χ2v) is 3.64. The molecule has 6 heteroatoms. The van der Waals surface area contributed by atoms with Crippen LogP contribution in [0.5, 0.6) is 5.75 Å². The van der Waals surface area contributed by atoms with Gasteiger partial charge in [-0.25, -0.2) is 4.79 Å². The zero-order valence-electron chi connectivity index (χ0n) is 8.84. The van der Waals surface area contributed by atoms with Gasteiger partial charge in [0.1, 0.15) is 0 Å². The summed E-state index contributed by atoms with van der Waals surface area (Å²) in [7, 11) is 0. The highest BCUT2D eigenvalue weighted by Crippen LogP contribution is 2.29. The molecule has 16 heavy (non-hydrogen) atoms. The van der Waals surface area contributed by atoms with Gasteiger partial charge in [-0.15, -0.1) is 0 Å². The zero-order valence-corrected chi connectivity index (χ0v) is 8.84. The normalized spacial score (nSPS) is 10.9. The van der Waals surface area contributed by atoms with Crippen molar-refractivity contribution in [2.24, 2.45) is 0 Å². The van der Waals surface area contributed by atoms with E-state index in [4.69, 9.17) is 9.84 Å². The predicted octanol–water partition coefficient (Wildman–Crippen LogP) is 1.84. The second-order valence-electron chi connectivity index (χ2n) is 3.64. The maximum atomic E-state index is 10.8. The van der Waals surface area contributed by atoms with Crippen molar-refractivity contribution >= 4 is 11.7 Å². The first-order chi connectivity index (χ1) is 7.34. The topological polar surface area (TPSA) is 89.7 Å². The number of carboxylic acid groups (broad SMARTS) is 1. The minimum absolute atomic E-state index is 0.0556. The van der Waals surface area contributed by atoms with Gasteiger partial charge in [0.25, 0.3) is 0 Å². The maximum absolute atomic E-state index is 10.8. The maximum Gasteiger partial charge on any atom is 0.347 e. The SMILES string of the molecule is CC(C)(Oc1ccccc1[N+](=O)[O-])C(=O)O. The zero-order chi connectivity index (χ0) is 12.3. The average molecular weight is 225 g/mol. The Morgan fingerprint density at radius 2 is 2.00 bits per heavy atom. The van der Waals surface area contributed by atoms with Crippen molar-refractivity contribution in [3.05, 3.63) is 34.4 Å². The van der Waals surface area contributed by atoms with Gasteiger partial charge in [-0.3, -0.25) is 10.1 Å². The van der Waals surface area contributed by atoms with E-state index in [-0.39, 0.29) is 11.4 Å². The Labute approximate surface area is 91.6 Å². The highest BCUT2D eigenvalue weighted by atomic mass is 16.6. The lowest BCUT2D eigenvalue weighted by molar-refractivity contribution is -0.386. The summed E-state index contributed by atoms with van der Waals surface area (Å²) in [4.78, 5) is 20.8. The summed E-state index contributed by atoms with van der Waals surface area (Å²) in [6.07, 6.45) is 0. The van der Waals surface area contributed by atoms with E-state index >= 15 is 0 Å². The van der Waals surface area contributed by atoms with Crippen LogP contribution < -0.4 is 4.74 Å². The number of benzene rings is 1. The summed E-state index contributed by atoms with van der Waals surface area (Å²) in [5.41, 5.74) is -1.76. The van der Waals surface area contributed by atoms with Crippen LogP contribution in [0.4, 0.5) is 5.69 Å². The first-order valence-electron chi connectivity index (χ1n) is 4.50. The third kappa shape index (κ3) is 2.47. The van der Waals surface area contributed by atoms with E-state index in [9.17, 15) is 14.9 Å². The molecule has 0 spiro atoms. The molecule has 0 aliphatic heterocycles. The molecule has 1 aromatic carbocycles. The fourth-order valence-corrected chi connectivity index (χ4v) is 1.01. The largest absolute Gasteiger partial charge is 0.478 e. The van der Waals surface area contributed by atoms with Gasteiger partial charge in [0.05, 0.1) is 4.92 Å². The van der Waals surface area contributed by atoms with Gasteiger partial charge in [-0.2, -0.15) is 0 Å². The van der Waals surface area contributed by atoms with Crippen molar-refractivity contribution in [3.8, 4) is 5.75 Å². The van der Waals surface area contributed by atoms with Gasteiger partial charge in [0, 0.05) is 6.07 Å². The molecule has 1 aromatic rings. The highest BCUT2D eigenvalue weighted by molar-refractivity contribution is 5.77. The fourth-order valence-electron chi connectivity index (χ4n) is 1.01. The number of carbonyl (C=O) groups is 1. The molecule has 86 valence electrons. The molecule has 0 saturated heterocycles. The Morgan fingerprint density at radius 1 is 1.44 bits per heavy atom. The van der Waals surface area contributed by atoms with Gasteiger partial charge >= 0.3 is 11.7 Å². The molecular weight excluding hydrogens is 214 g/mol. The molecule has 0 aliphatic rings. The van der Waals surface area contributed by atoms with Crippen molar-refractivity contribution in [3.63, 3.8) is 0 Å². The molecule has 1 N–H and O–H groups in total. The molecule has 0 bridgehead atoms. The monoisotopic (exact) mass is 225 g/mol. The molecule has 0 atom stereocenters. The number of nitro groups is 1. The van der Waals surface area contributed by atoms with Crippen LogP contribution >= 0.6 is 0 Å². The van der Waals surface area contributed by atoms with Crippen molar-refractivity contribution in [1.82, 2.24) is 0 Å². The van der Waals surface area contributed by atoms with Crippen LogP contribution in [0, 0.1) is 10.1 Å². The summed E-state index contributed by atoms with van der Waals surface area (Å²) < 4.78 is 5.11. The lowest BCUT2D eigenvalue weighted by atomic mass is 10.1. The summed E-state index contributed by atoms with van der Waals surface area (Å²) in [5, 5.41) is 19.5. The molecule has 0 aromatic heterocycles. The average Bonchev–Trinajstić information content (AvgIpc) is 2.17. The van der Waals surface area contributed by atoms with Crippen molar-refractivity contribution < 1.29 is 19.6 Å². The summed E-state index contributed by atoms with van der Waals surface area (Å²) in [5.74, 6) is -1.24. The number of carboxylic acids is 1. The summed E-state index contributed by atoms with van der Waals surface area (Å²) in [6.45, 7) is 2.65. The number of nitrogens with zero attached hydrogens (tertiary/aromatic N) is 1. The molecule has 1 rings (SSSR count). The molecule has 0 aliphatic carbocycles. The van der Waals surface area contributed by atoms with Crippen molar-refractivity contribution in [1.29, 1.82) is 0 Å². The van der Waals surface area contributed by atoms with Crippen molar-refractivity contribution in [2.45, 2.75) is 19.4 Å². The number of nitro benzene ring substituents is 1. The molecule has 0 saturated carbocycles. The van der Waals surface area contributed by atoms with Crippen LogP contribution in [0.25, 0.3) is 0 Å². The molecule has 0 amide bonds. The second kappa shape index (κ2) is 4.18. The van der Waals surface area contributed by atoms with Crippen LogP contribution in [0.1, 0.15) is 13.8 Å². The highest BCUT2D eigenvalue weighted by Gasteiger charge is 2.31. The van der Waals surface area contributed by atoms with E-state index in [1.54, 1.807) is 6.07 Å². The predicted molar refractivity (Wildman–Crippen MR) is 55.4 cm³/mol. The van der Waals surface area contributed by atoms with E-state index < -0.39 is 16.5 Å². The Morgan fingerprint density at radius 3 is 2.50 bits per heavy atom. The molecule has 6 nitrogen and oxygen atoms in total. The van der Waals surface area contributed by atoms with E-state index in [1.165, 1.54) is 32.0 Å². The lowest BCUT2D eigenvalue weighted by Crippen LogP contribution is -2.38. The minimum atomic E-state index is -1.51. The van der Waals surface area contributed by atoms with E-state index in [0.717, 1.165) is 0 Å². The van der Waals surface area contributed by atoms with Gasteiger partial charge in [0.2, 0.25) is 0 Å². The van der Waals surface area contributed by atoms with Crippen LogP contribution in [0.2, 0.25) is 0 Å². The molecular formula is C10H11NO5. The first kappa shape index (κ1) is 12.0. The third-order valence-corrected chi connectivity index (χ3v) is 1.94. The van der Waals surface area contributed by atoms with Gasteiger partial charge in [-0.1, -0.05) is 12.1 Å². The van der Waals surface area contributed by atoms with Crippen LogP contribution in [0.15, 0.2) is 24.3 Å². The number of para-hydroxylation sites is 2. The quantitative estimate of drug-likeness (QED) is 0.623. The van der Waals surface area contributed by atoms with Gasteiger partial charge < -0.3 is 9.84 Å². The Balaban J connectivity index is 3.06. The standard InChI is InChI=1S/C10H11NO5/c1-10(2,9(12)13)16-8-6-4-3-5-7(8)11(14)15/h3-6H,1-2H3,(H,12,13). The van der Waals surface area contributed by atoms with E-state index in [2.05, 4.69) is 0 Å². The smallest absolute Gasteiger partial charge is 0.347 e. The number of hydrogen-bond acceptors (Lipinski definition) is 4. The van der Waals surface area contributed by atoms with Crippen LogP contribution in [0.3, 0.4) is 0 Å². The van der Waals surface area contributed by atoms with Crippen molar-refractivity contribution in [2.75, 3.05) is 0 Å². The van der Waals surface area contributed by atoms with E-state index in [0.29, 0.717) is 0 Å². The fraction of sp³-hybridized carbons (Fsp3) is 0.300. The molecule has 0 radical (unpaired) electrons. The lowest BCUT2D eigenvalue weighted by Gasteiger charge is -2.20. The number of aliphatic carboxylic acids is 1. The number of rotatable bonds is 4. The third-order valence-electron chi connectivity index (χ3n) is 1.94. The molecule has 0 fully saturated rings. The summed E-state index contributed by atoms with van der Waals surface area (Å²) >= 11 is 0. The Bertz CT molecular complexity index is 427. The van der Waals surface area contributed by atoms with E-state index in [1.807, 2.05) is 0 Å². The Hall–Kier alpha value is -2.11. The first-order valence-corrected chi connectivity index (χ1v) is 4.50. The molecule has 0 heterocycles. The molecule has 0 unspecified atom stereocenters.